The van der Waals surface area contributed by atoms with Crippen molar-refractivity contribution in [1.29, 1.82) is 0 Å². The van der Waals surface area contributed by atoms with E-state index in [1.807, 2.05) is 43.3 Å². The molecule has 2 aliphatic carbocycles. The number of aliphatic carboxylic acids is 1. The molecule has 2 amide bonds. The van der Waals surface area contributed by atoms with Gasteiger partial charge in [0.25, 0.3) is 0 Å². The van der Waals surface area contributed by atoms with E-state index in [2.05, 4.69) is 34.9 Å². The first kappa shape index (κ1) is 24.7. The van der Waals surface area contributed by atoms with Crippen molar-refractivity contribution >= 4 is 18.0 Å². The van der Waals surface area contributed by atoms with E-state index in [1.165, 1.54) is 0 Å². The van der Waals surface area contributed by atoms with Gasteiger partial charge < -0.3 is 25.4 Å². The summed E-state index contributed by atoms with van der Waals surface area (Å²) in [5.74, 6) is -1.75. The van der Waals surface area contributed by atoms with Crippen molar-refractivity contribution in [2.45, 2.75) is 31.2 Å². The van der Waals surface area contributed by atoms with Gasteiger partial charge in [0.2, 0.25) is 5.91 Å². The molecule has 0 heterocycles. The van der Waals surface area contributed by atoms with Crippen molar-refractivity contribution in [2.75, 3.05) is 33.8 Å². The van der Waals surface area contributed by atoms with Crippen LogP contribution in [0.3, 0.4) is 0 Å². The number of alkyl carbamates (subject to hydrolysis) is 1. The summed E-state index contributed by atoms with van der Waals surface area (Å²) in [7, 11) is 3.63. The Hall–Kier alpha value is -3.39. The van der Waals surface area contributed by atoms with Gasteiger partial charge in [-0.3, -0.25) is 9.59 Å². The maximum absolute atomic E-state index is 12.9. The van der Waals surface area contributed by atoms with Gasteiger partial charge in [0, 0.05) is 19.0 Å². The second kappa shape index (κ2) is 10.9. The summed E-state index contributed by atoms with van der Waals surface area (Å²) >= 11 is 0. The molecule has 2 aliphatic rings. The van der Waals surface area contributed by atoms with Gasteiger partial charge in [-0.2, -0.15) is 0 Å². The van der Waals surface area contributed by atoms with Crippen molar-refractivity contribution in [2.24, 2.45) is 11.8 Å². The van der Waals surface area contributed by atoms with Gasteiger partial charge in [0.15, 0.2) is 0 Å². The fourth-order valence-electron chi connectivity index (χ4n) is 5.30. The van der Waals surface area contributed by atoms with Gasteiger partial charge >= 0.3 is 12.1 Å². The number of likely N-dealkylation sites (N-methyl/N-ethyl adjacent to an activating group) is 1. The minimum absolute atomic E-state index is 0.0652. The monoisotopic (exact) mass is 479 g/mol. The summed E-state index contributed by atoms with van der Waals surface area (Å²) in [4.78, 5) is 38.8. The zero-order chi connectivity index (χ0) is 24.9. The summed E-state index contributed by atoms with van der Waals surface area (Å²) in [6, 6.07) is 15.4. The first-order valence-corrected chi connectivity index (χ1v) is 12.1. The van der Waals surface area contributed by atoms with E-state index in [-0.39, 0.29) is 30.9 Å². The number of fused-ring (bicyclic) bond motifs is 3. The molecule has 3 atom stereocenters. The number of nitrogens with zero attached hydrogens (tertiary/aromatic N) is 1. The van der Waals surface area contributed by atoms with Crippen LogP contribution in [0, 0.1) is 11.8 Å². The van der Waals surface area contributed by atoms with Crippen LogP contribution in [-0.2, 0) is 14.3 Å². The highest BCUT2D eigenvalue weighted by Crippen LogP contribution is 2.44. The summed E-state index contributed by atoms with van der Waals surface area (Å²) < 4.78 is 5.60. The SMILES string of the molecule is CN(C)CC(NC(=O)OCC1c2ccccc2-c2ccccc21)C(=O)NC[C@@H]1CCC[C@@H]1C(=O)O. The molecule has 1 unspecified atom stereocenters. The van der Waals surface area contributed by atoms with Crippen LogP contribution in [0.15, 0.2) is 48.5 Å². The highest BCUT2D eigenvalue weighted by Gasteiger charge is 2.34. The second-order valence-electron chi connectivity index (χ2n) is 9.67. The molecule has 0 bridgehead atoms. The van der Waals surface area contributed by atoms with E-state index < -0.39 is 24.0 Å². The molecule has 8 nitrogen and oxygen atoms in total. The molecular weight excluding hydrogens is 446 g/mol. The molecule has 35 heavy (non-hydrogen) atoms. The number of hydrogen-bond acceptors (Lipinski definition) is 5. The number of rotatable bonds is 9. The summed E-state index contributed by atoms with van der Waals surface area (Å²) in [6.45, 7) is 0.744. The molecule has 8 heteroatoms. The van der Waals surface area contributed by atoms with E-state index in [9.17, 15) is 19.5 Å². The average molecular weight is 480 g/mol. The Labute approximate surface area is 205 Å². The molecule has 0 radical (unpaired) electrons. The molecule has 1 fully saturated rings. The molecule has 0 spiro atoms. The maximum atomic E-state index is 12.9. The maximum Gasteiger partial charge on any atom is 0.407 e. The predicted octanol–water partition coefficient (Wildman–Crippen LogP) is 3.07. The molecule has 0 aliphatic heterocycles. The number of hydrogen-bond donors (Lipinski definition) is 3. The minimum atomic E-state index is -0.816. The van der Waals surface area contributed by atoms with Crippen LogP contribution in [-0.4, -0.2) is 67.8 Å². The highest BCUT2D eigenvalue weighted by molar-refractivity contribution is 5.86. The number of amides is 2. The molecule has 0 saturated heterocycles. The van der Waals surface area contributed by atoms with Gasteiger partial charge in [-0.25, -0.2) is 4.79 Å². The Morgan fingerprint density at radius 1 is 1.03 bits per heavy atom. The Kier molecular flexibility index (Phi) is 7.70. The van der Waals surface area contributed by atoms with Crippen LogP contribution in [0.5, 0.6) is 0 Å². The number of carboxylic acid groups (broad SMARTS) is 1. The molecule has 0 aromatic heterocycles. The number of ether oxygens (including phenoxy) is 1. The molecule has 4 rings (SSSR count). The zero-order valence-electron chi connectivity index (χ0n) is 20.2. The number of benzene rings is 2. The Bertz CT molecular complexity index is 1040. The van der Waals surface area contributed by atoms with Crippen molar-refractivity contribution < 1.29 is 24.2 Å². The van der Waals surface area contributed by atoms with E-state index in [0.717, 1.165) is 35.1 Å². The molecule has 2 aromatic rings. The van der Waals surface area contributed by atoms with E-state index in [1.54, 1.807) is 0 Å². The number of carbonyl (C=O) groups is 3. The fourth-order valence-corrected chi connectivity index (χ4v) is 5.30. The third-order valence-corrected chi connectivity index (χ3v) is 7.01. The lowest BCUT2D eigenvalue weighted by Gasteiger charge is -2.23. The van der Waals surface area contributed by atoms with Crippen LogP contribution in [0.2, 0.25) is 0 Å². The first-order valence-electron chi connectivity index (χ1n) is 12.1. The van der Waals surface area contributed by atoms with Crippen LogP contribution < -0.4 is 10.6 Å². The molecular formula is C27H33N3O5. The number of nitrogens with one attached hydrogen (secondary N) is 2. The predicted molar refractivity (Wildman–Crippen MR) is 132 cm³/mol. The van der Waals surface area contributed by atoms with Gasteiger partial charge in [-0.05, 0) is 55.1 Å². The van der Waals surface area contributed by atoms with Crippen LogP contribution in [0.1, 0.15) is 36.3 Å². The van der Waals surface area contributed by atoms with E-state index >= 15 is 0 Å². The lowest BCUT2D eigenvalue weighted by atomic mass is 9.96. The highest BCUT2D eigenvalue weighted by atomic mass is 16.5. The first-order chi connectivity index (χ1) is 16.8. The van der Waals surface area contributed by atoms with E-state index in [0.29, 0.717) is 13.0 Å². The third-order valence-electron chi connectivity index (χ3n) is 7.01. The summed E-state index contributed by atoms with van der Waals surface area (Å²) in [5, 5.41) is 14.9. The summed E-state index contributed by atoms with van der Waals surface area (Å²) in [6.07, 6.45) is 1.60. The zero-order valence-corrected chi connectivity index (χ0v) is 20.2. The van der Waals surface area contributed by atoms with E-state index in [4.69, 9.17) is 4.74 Å². The number of carboxylic acids is 1. The van der Waals surface area contributed by atoms with Crippen molar-refractivity contribution in [3.63, 3.8) is 0 Å². The van der Waals surface area contributed by atoms with Crippen LogP contribution in [0.25, 0.3) is 11.1 Å². The standard InChI is InChI=1S/C27H33N3O5/c1-30(2)15-24(25(31)28-14-17-8-7-13-18(17)26(32)33)29-27(34)35-16-23-21-11-5-3-9-19(21)20-10-4-6-12-22(20)23/h3-6,9-12,17-18,23-24H,7-8,13-16H2,1-2H3,(H,28,31)(H,29,34)(H,32,33)/t17-,18-,24?/m0/s1. The van der Waals surface area contributed by atoms with Crippen molar-refractivity contribution in [3.8, 4) is 11.1 Å². The lowest BCUT2D eigenvalue weighted by molar-refractivity contribution is -0.143. The largest absolute Gasteiger partial charge is 0.481 e. The van der Waals surface area contributed by atoms with Gasteiger partial charge in [0.05, 0.1) is 5.92 Å². The molecule has 1 saturated carbocycles. The molecule has 2 aromatic carbocycles. The molecule has 3 N–H and O–H groups in total. The lowest BCUT2D eigenvalue weighted by Crippen LogP contribution is -2.52. The van der Waals surface area contributed by atoms with Crippen LogP contribution >= 0.6 is 0 Å². The minimum Gasteiger partial charge on any atom is -0.481 e. The number of carbonyl (C=O) groups excluding carboxylic acids is 2. The topological polar surface area (TPSA) is 108 Å². The van der Waals surface area contributed by atoms with Crippen molar-refractivity contribution in [1.82, 2.24) is 15.5 Å². The van der Waals surface area contributed by atoms with Crippen molar-refractivity contribution in [3.05, 3.63) is 59.7 Å². The van der Waals surface area contributed by atoms with Gasteiger partial charge in [-0.1, -0.05) is 55.0 Å². The van der Waals surface area contributed by atoms with Crippen LogP contribution in [0.4, 0.5) is 4.79 Å². The quantitative estimate of drug-likeness (QED) is 0.510. The summed E-state index contributed by atoms with van der Waals surface area (Å²) in [5.41, 5.74) is 4.53. The normalized spacial score (nSPS) is 19.6. The average Bonchev–Trinajstić information content (AvgIpc) is 3.43. The van der Waals surface area contributed by atoms with Gasteiger partial charge in [0.1, 0.15) is 12.6 Å². The molecule has 186 valence electrons. The van der Waals surface area contributed by atoms with Gasteiger partial charge in [-0.15, -0.1) is 0 Å². The third kappa shape index (κ3) is 5.65. The second-order valence-corrected chi connectivity index (χ2v) is 9.67. The fraction of sp³-hybridized carbons (Fsp3) is 0.444. The smallest absolute Gasteiger partial charge is 0.407 e. The Morgan fingerprint density at radius 3 is 2.26 bits per heavy atom. The Morgan fingerprint density at radius 2 is 1.66 bits per heavy atom. The Balaban J connectivity index is 1.36.